The summed E-state index contributed by atoms with van der Waals surface area (Å²) in [5.74, 6) is 0.847. The van der Waals surface area contributed by atoms with Crippen LogP contribution in [0.15, 0.2) is 47.3 Å². The molecule has 140 valence electrons. The molecule has 2 fully saturated rings. The van der Waals surface area contributed by atoms with E-state index in [4.69, 9.17) is 22.4 Å². The molecule has 0 radical (unpaired) electrons. The van der Waals surface area contributed by atoms with Gasteiger partial charge in [0.15, 0.2) is 0 Å². The molecule has 5 nitrogen and oxygen atoms in total. The van der Waals surface area contributed by atoms with Crippen molar-refractivity contribution in [2.75, 3.05) is 5.73 Å². The summed E-state index contributed by atoms with van der Waals surface area (Å²) in [6, 6.07) is 13.3. The van der Waals surface area contributed by atoms with Crippen molar-refractivity contribution in [2.45, 2.75) is 44.1 Å². The molecule has 0 spiro atoms. The van der Waals surface area contributed by atoms with Gasteiger partial charge in [0.05, 0.1) is 22.3 Å². The zero-order valence-corrected chi connectivity index (χ0v) is 15.7. The minimum Gasteiger partial charge on any atom is -0.393 e. The maximum absolute atomic E-state index is 12.4. The molecule has 2 saturated carbocycles. The van der Waals surface area contributed by atoms with Gasteiger partial charge < -0.3 is 10.8 Å². The lowest BCUT2D eigenvalue weighted by Gasteiger charge is -2.17. The number of hydrogen-bond acceptors (Lipinski definition) is 4. The number of aliphatic hydroxyl groups excluding tert-OH is 1. The molecule has 0 bridgehead atoms. The van der Waals surface area contributed by atoms with Crippen LogP contribution in [0.25, 0.3) is 16.6 Å². The van der Waals surface area contributed by atoms with Gasteiger partial charge in [0.2, 0.25) is 0 Å². The topological polar surface area (TPSA) is 81.1 Å². The van der Waals surface area contributed by atoms with Crippen molar-refractivity contribution in [3.05, 3.63) is 63.5 Å². The molecule has 3 N–H and O–H groups in total. The third-order valence-corrected chi connectivity index (χ3v) is 5.48. The van der Waals surface area contributed by atoms with Crippen molar-refractivity contribution in [1.82, 2.24) is 9.55 Å². The lowest BCUT2D eigenvalue weighted by Crippen LogP contribution is -2.23. The van der Waals surface area contributed by atoms with Gasteiger partial charge in [-0.15, -0.1) is 0 Å². The quantitative estimate of drug-likeness (QED) is 0.700. The molecule has 2 aromatic carbocycles. The highest BCUT2D eigenvalue weighted by molar-refractivity contribution is 6.32. The Bertz CT molecular complexity index is 1040. The summed E-state index contributed by atoms with van der Waals surface area (Å²) in [5.41, 5.74) is 8.13. The van der Waals surface area contributed by atoms with Crippen LogP contribution in [0.2, 0.25) is 5.02 Å². The first-order chi connectivity index (χ1) is 13.0. The number of hydrogen-bond donors (Lipinski definition) is 2. The highest BCUT2D eigenvalue weighted by Crippen LogP contribution is 2.41. The number of halogens is 1. The first kappa shape index (κ1) is 18.0. The molecular formula is C21H22ClN3O2. The molecule has 0 atom stereocenters. The van der Waals surface area contributed by atoms with Crippen LogP contribution in [-0.2, 0) is 0 Å². The van der Waals surface area contributed by atoms with E-state index in [0.29, 0.717) is 16.6 Å². The van der Waals surface area contributed by atoms with E-state index >= 15 is 0 Å². The van der Waals surface area contributed by atoms with Crippen molar-refractivity contribution >= 4 is 28.3 Å². The number of nitrogens with two attached hydrogens (primary N) is 1. The molecule has 2 aliphatic carbocycles. The molecule has 0 unspecified atom stereocenters. The van der Waals surface area contributed by atoms with Crippen LogP contribution >= 0.6 is 11.6 Å². The monoisotopic (exact) mass is 383 g/mol. The Balaban J connectivity index is 0.000000314. The van der Waals surface area contributed by atoms with Gasteiger partial charge in [-0.3, -0.25) is 4.57 Å². The maximum Gasteiger partial charge on any atom is 0.354 e. The summed E-state index contributed by atoms with van der Waals surface area (Å²) in [7, 11) is 0. The van der Waals surface area contributed by atoms with Crippen LogP contribution in [0.5, 0.6) is 0 Å². The minimum absolute atomic E-state index is 0.0648. The highest BCUT2D eigenvalue weighted by Gasteiger charge is 2.24. The number of nitrogens with zero attached hydrogens (tertiary/aromatic N) is 2. The fraction of sp³-hybridized carbons (Fsp3) is 0.333. The van der Waals surface area contributed by atoms with Gasteiger partial charge in [-0.25, -0.2) is 4.79 Å². The predicted molar refractivity (Wildman–Crippen MR) is 109 cm³/mol. The maximum atomic E-state index is 12.4. The van der Waals surface area contributed by atoms with E-state index in [1.165, 1.54) is 24.8 Å². The fourth-order valence-corrected chi connectivity index (χ4v) is 3.41. The lowest BCUT2D eigenvalue weighted by molar-refractivity contribution is 0.0950. The number of fused-ring (bicyclic) bond motifs is 1. The van der Waals surface area contributed by atoms with Crippen LogP contribution in [0.4, 0.5) is 5.82 Å². The molecule has 1 aromatic heterocycles. The van der Waals surface area contributed by atoms with Gasteiger partial charge in [-0.2, -0.15) is 4.98 Å². The number of para-hydroxylation sites is 1. The lowest BCUT2D eigenvalue weighted by atomic mass is 9.97. The van der Waals surface area contributed by atoms with Gasteiger partial charge in [0.1, 0.15) is 5.82 Å². The van der Waals surface area contributed by atoms with Crippen LogP contribution in [0, 0.1) is 0 Å². The summed E-state index contributed by atoms with van der Waals surface area (Å²) in [4.78, 5) is 16.4. The Labute approximate surface area is 162 Å². The number of aliphatic hydroxyl groups is 1. The van der Waals surface area contributed by atoms with E-state index in [0.717, 1.165) is 23.7 Å². The van der Waals surface area contributed by atoms with Crippen LogP contribution < -0.4 is 11.4 Å². The smallest absolute Gasteiger partial charge is 0.354 e. The second kappa shape index (κ2) is 7.33. The number of rotatable bonds is 2. The second-order valence-corrected chi connectivity index (χ2v) is 7.61. The molecular weight excluding hydrogens is 362 g/mol. The number of benzene rings is 2. The summed E-state index contributed by atoms with van der Waals surface area (Å²) in [6.45, 7) is 0. The number of nitrogen functional groups attached to an aromatic ring is 1. The largest absolute Gasteiger partial charge is 0.393 e. The first-order valence-electron chi connectivity index (χ1n) is 9.30. The average Bonchev–Trinajstić information content (AvgIpc) is 3.47. The molecule has 1 heterocycles. The van der Waals surface area contributed by atoms with E-state index in [2.05, 4.69) is 11.1 Å². The molecule has 5 rings (SSSR count). The molecule has 0 aliphatic heterocycles. The van der Waals surface area contributed by atoms with Gasteiger partial charge in [0.25, 0.3) is 0 Å². The van der Waals surface area contributed by atoms with E-state index in [-0.39, 0.29) is 11.9 Å². The number of anilines is 1. The summed E-state index contributed by atoms with van der Waals surface area (Å²) < 4.78 is 1.54. The van der Waals surface area contributed by atoms with E-state index in [9.17, 15) is 4.79 Å². The Morgan fingerprint density at radius 2 is 1.81 bits per heavy atom. The van der Waals surface area contributed by atoms with Gasteiger partial charge >= 0.3 is 5.69 Å². The van der Waals surface area contributed by atoms with Crippen LogP contribution in [0.3, 0.4) is 0 Å². The zero-order chi connectivity index (χ0) is 19.0. The Kier molecular flexibility index (Phi) is 4.89. The predicted octanol–water partition coefficient (Wildman–Crippen LogP) is 4.03. The molecule has 27 heavy (non-hydrogen) atoms. The van der Waals surface area contributed by atoms with Crippen molar-refractivity contribution in [1.29, 1.82) is 0 Å². The average molecular weight is 384 g/mol. The molecule has 3 aromatic rings. The Morgan fingerprint density at radius 1 is 1.11 bits per heavy atom. The van der Waals surface area contributed by atoms with Crippen molar-refractivity contribution < 1.29 is 5.11 Å². The van der Waals surface area contributed by atoms with E-state index < -0.39 is 5.69 Å². The summed E-state index contributed by atoms with van der Waals surface area (Å²) in [6.07, 6.45) is 5.78. The minimum atomic E-state index is -0.411. The Hall–Kier alpha value is -2.37. The van der Waals surface area contributed by atoms with Gasteiger partial charge in [-0.05, 0) is 67.9 Å². The second-order valence-electron chi connectivity index (χ2n) is 7.20. The fourth-order valence-electron chi connectivity index (χ4n) is 3.19. The van der Waals surface area contributed by atoms with Gasteiger partial charge in [-0.1, -0.05) is 29.8 Å². The Morgan fingerprint density at radius 3 is 2.41 bits per heavy atom. The van der Waals surface area contributed by atoms with E-state index in [1.807, 2.05) is 30.3 Å². The molecule has 0 saturated heterocycles. The summed E-state index contributed by atoms with van der Waals surface area (Å²) in [5, 5.41) is 9.72. The van der Waals surface area contributed by atoms with Crippen molar-refractivity contribution in [3.8, 4) is 5.69 Å². The molecule has 6 heteroatoms. The third-order valence-electron chi connectivity index (χ3n) is 5.16. The normalized spacial score (nSPS) is 16.5. The van der Waals surface area contributed by atoms with Gasteiger partial charge in [0, 0.05) is 5.39 Å². The molecule has 2 aliphatic rings. The molecule has 0 amide bonds. The van der Waals surface area contributed by atoms with E-state index in [1.54, 1.807) is 10.6 Å². The first-order valence-corrected chi connectivity index (χ1v) is 9.67. The van der Waals surface area contributed by atoms with Crippen molar-refractivity contribution in [2.24, 2.45) is 0 Å². The SMILES string of the molecule is Nc1nc(=O)n(-c2ccccc2Cl)c2cc(C3CC3)ccc12.OC1CCC1. The standard InChI is InChI=1S/C17H14ClN3O.C4H8O/c18-13-3-1-2-4-14(13)21-15-9-11(10-5-6-10)7-8-12(15)16(19)20-17(21)22;5-4-2-1-3-4/h1-4,7-10H,5-6H2,(H2,19,20,22);4-5H,1-3H2. The van der Waals surface area contributed by atoms with Crippen molar-refractivity contribution in [3.63, 3.8) is 0 Å². The van der Waals surface area contributed by atoms with Crippen LogP contribution in [-0.4, -0.2) is 20.8 Å². The van der Waals surface area contributed by atoms with Crippen LogP contribution in [0.1, 0.15) is 43.6 Å². The highest BCUT2D eigenvalue weighted by atomic mass is 35.5. The third kappa shape index (κ3) is 3.70. The number of aromatic nitrogens is 2. The zero-order valence-electron chi connectivity index (χ0n) is 14.9. The summed E-state index contributed by atoms with van der Waals surface area (Å²) >= 11 is 6.27.